The summed E-state index contributed by atoms with van der Waals surface area (Å²) in [7, 11) is 0. The predicted octanol–water partition coefficient (Wildman–Crippen LogP) is 3.41. The minimum Gasteiger partial charge on any atom is -0.481 e. The number of hydrogen-bond acceptors (Lipinski definition) is 2. The second kappa shape index (κ2) is 5.93. The number of halogens is 1. The second-order valence-electron chi connectivity index (χ2n) is 5.75. The van der Waals surface area contributed by atoms with E-state index in [9.17, 15) is 14.7 Å². The Kier molecular flexibility index (Phi) is 4.42. The quantitative estimate of drug-likeness (QED) is 0.800. The third kappa shape index (κ3) is 3.29. The van der Waals surface area contributed by atoms with Gasteiger partial charge in [0.15, 0.2) is 0 Å². The summed E-state index contributed by atoms with van der Waals surface area (Å²) in [5.41, 5.74) is 0.587. The van der Waals surface area contributed by atoms with Gasteiger partial charge in [-0.25, -0.2) is 4.79 Å². The average Bonchev–Trinajstić information content (AvgIpc) is 2.77. The zero-order valence-corrected chi connectivity index (χ0v) is 12.8. The maximum absolute atomic E-state index is 12.1. The molecule has 1 aromatic rings. The number of aryl methyl sites for hydroxylation is 1. The number of carboxylic acids is 1. The van der Waals surface area contributed by atoms with Crippen molar-refractivity contribution in [2.75, 3.05) is 5.32 Å². The summed E-state index contributed by atoms with van der Waals surface area (Å²) >= 11 is 6.03. The number of carboxylic acid groups (broad SMARTS) is 1. The number of nitrogens with one attached hydrogen (secondary N) is 2. The summed E-state index contributed by atoms with van der Waals surface area (Å²) in [6.07, 6.45) is 2.02. The molecule has 5 nitrogen and oxygen atoms in total. The summed E-state index contributed by atoms with van der Waals surface area (Å²) in [6, 6.07) is 4.53. The van der Waals surface area contributed by atoms with Gasteiger partial charge in [-0.05, 0) is 44.4 Å². The van der Waals surface area contributed by atoms with Crippen LogP contribution in [0.15, 0.2) is 18.2 Å². The van der Waals surface area contributed by atoms with E-state index in [2.05, 4.69) is 10.6 Å². The van der Waals surface area contributed by atoms with Gasteiger partial charge in [0.2, 0.25) is 0 Å². The Hall–Kier alpha value is -1.75. The molecule has 2 unspecified atom stereocenters. The highest BCUT2D eigenvalue weighted by Gasteiger charge is 2.45. The van der Waals surface area contributed by atoms with Crippen LogP contribution < -0.4 is 10.6 Å². The highest BCUT2D eigenvalue weighted by molar-refractivity contribution is 6.33. The number of rotatable bonds is 3. The van der Waals surface area contributed by atoms with Crippen molar-refractivity contribution in [3.8, 4) is 0 Å². The largest absolute Gasteiger partial charge is 0.481 e. The first-order valence-corrected chi connectivity index (χ1v) is 7.28. The van der Waals surface area contributed by atoms with Crippen molar-refractivity contribution in [2.45, 2.75) is 39.2 Å². The monoisotopic (exact) mass is 310 g/mol. The van der Waals surface area contributed by atoms with E-state index < -0.39 is 17.4 Å². The molecule has 0 radical (unpaired) electrons. The molecule has 1 aliphatic rings. The maximum Gasteiger partial charge on any atom is 0.319 e. The first-order chi connectivity index (χ1) is 9.83. The Bertz CT molecular complexity index is 576. The molecule has 1 saturated carbocycles. The zero-order chi connectivity index (χ0) is 15.6. The summed E-state index contributed by atoms with van der Waals surface area (Å²) < 4.78 is 0. The molecule has 2 atom stereocenters. The molecule has 2 amide bonds. The van der Waals surface area contributed by atoms with Crippen LogP contribution in [-0.4, -0.2) is 23.1 Å². The Labute approximate surface area is 128 Å². The molecular formula is C15H19ClN2O3. The number of urea groups is 1. The fraction of sp³-hybridized carbons (Fsp3) is 0.467. The number of carbonyl (C=O) groups is 2. The number of hydrogen-bond donors (Lipinski definition) is 3. The van der Waals surface area contributed by atoms with Crippen LogP contribution in [0.3, 0.4) is 0 Å². The fourth-order valence-corrected chi connectivity index (χ4v) is 2.87. The van der Waals surface area contributed by atoms with Gasteiger partial charge in [0.1, 0.15) is 0 Å². The van der Waals surface area contributed by atoms with E-state index in [0.29, 0.717) is 23.6 Å². The number of aliphatic carboxylic acids is 1. The smallest absolute Gasteiger partial charge is 0.319 e. The standard InChI is InChI=1S/C15H19ClN2O3/c1-9-5-6-10(16)11(8-9)17-14(21)18-12-4-3-7-15(12,2)13(19)20/h5-6,8,12H,3-4,7H2,1-2H3,(H,19,20)(H2,17,18,21). The molecule has 0 spiro atoms. The maximum atomic E-state index is 12.1. The molecule has 3 N–H and O–H groups in total. The van der Waals surface area contributed by atoms with Gasteiger partial charge in [-0.3, -0.25) is 4.79 Å². The Morgan fingerprint density at radius 3 is 2.81 bits per heavy atom. The van der Waals surface area contributed by atoms with E-state index in [1.807, 2.05) is 13.0 Å². The van der Waals surface area contributed by atoms with Crippen LogP contribution >= 0.6 is 11.6 Å². The van der Waals surface area contributed by atoms with Crippen LogP contribution in [0.4, 0.5) is 10.5 Å². The van der Waals surface area contributed by atoms with E-state index in [1.165, 1.54) is 0 Å². The van der Waals surface area contributed by atoms with Crippen molar-refractivity contribution < 1.29 is 14.7 Å². The number of benzene rings is 1. The highest BCUT2D eigenvalue weighted by Crippen LogP contribution is 2.38. The molecule has 6 heteroatoms. The SMILES string of the molecule is Cc1ccc(Cl)c(NC(=O)NC2CCCC2(C)C(=O)O)c1. The van der Waals surface area contributed by atoms with Crippen LogP contribution in [0.25, 0.3) is 0 Å². The third-order valence-corrected chi connectivity index (χ3v) is 4.45. The minimum atomic E-state index is -0.909. The van der Waals surface area contributed by atoms with Crippen molar-refractivity contribution in [3.63, 3.8) is 0 Å². The zero-order valence-electron chi connectivity index (χ0n) is 12.1. The molecule has 2 rings (SSSR count). The molecule has 21 heavy (non-hydrogen) atoms. The van der Waals surface area contributed by atoms with Crippen molar-refractivity contribution >= 4 is 29.3 Å². The molecule has 0 bridgehead atoms. The van der Waals surface area contributed by atoms with Crippen LogP contribution in [0.1, 0.15) is 31.7 Å². The Balaban J connectivity index is 2.05. The lowest BCUT2D eigenvalue weighted by molar-refractivity contribution is -0.148. The molecule has 0 aliphatic heterocycles. The van der Waals surface area contributed by atoms with Gasteiger partial charge in [0, 0.05) is 6.04 Å². The van der Waals surface area contributed by atoms with Gasteiger partial charge in [0.05, 0.1) is 16.1 Å². The van der Waals surface area contributed by atoms with E-state index >= 15 is 0 Å². The van der Waals surface area contributed by atoms with E-state index in [4.69, 9.17) is 11.6 Å². The lowest BCUT2D eigenvalue weighted by Crippen LogP contribution is -2.48. The lowest BCUT2D eigenvalue weighted by Gasteiger charge is -2.27. The van der Waals surface area contributed by atoms with Crippen molar-refractivity contribution in [2.24, 2.45) is 5.41 Å². The number of anilines is 1. The van der Waals surface area contributed by atoms with Crippen LogP contribution in [-0.2, 0) is 4.79 Å². The van der Waals surface area contributed by atoms with E-state index in [-0.39, 0.29) is 6.04 Å². The molecule has 0 saturated heterocycles. The Morgan fingerprint density at radius 1 is 1.43 bits per heavy atom. The molecule has 0 aromatic heterocycles. The highest BCUT2D eigenvalue weighted by atomic mass is 35.5. The lowest BCUT2D eigenvalue weighted by atomic mass is 9.85. The average molecular weight is 311 g/mol. The van der Waals surface area contributed by atoms with Crippen LogP contribution in [0, 0.1) is 12.3 Å². The third-order valence-electron chi connectivity index (χ3n) is 4.12. The van der Waals surface area contributed by atoms with Crippen molar-refractivity contribution in [3.05, 3.63) is 28.8 Å². The van der Waals surface area contributed by atoms with Crippen molar-refractivity contribution in [1.82, 2.24) is 5.32 Å². The summed E-state index contributed by atoms with van der Waals surface area (Å²) in [6.45, 7) is 3.57. The molecule has 0 heterocycles. The van der Waals surface area contributed by atoms with Gasteiger partial charge in [-0.15, -0.1) is 0 Å². The molecular weight excluding hydrogens is 292 g/mol. The van der Waals surface area contributed by atoms with E-state index in [1.54, 1.807) is 19.1 Å². The topological polar surface area (TPSA) is 78.4 Å². The van der Waals surface area contributed by atoms with Gasteiger partial charge >= 0.3 is 12.0 Å². The number of carbonyl (C=O) groups excluding carboxylic acids is 1. The second-order valence-corrected chi connectivity index (χ2v) is 6.16. The molecule has 1 aliphatic carbocycles. The fourth-order valence-electron chi connectivity index (χ4n) is 2.71. The van der Waals surface area contributed by atoms with Crippen LogP contribution in [0.2, 0.25) is 5.02 Å². The van der Waals surface area contributed by atoms with Gasteiger partial charge in [0.25, 0.3) is 0 Å². The van der Waals surface area contributed by atoms with Crippen molar-refractivity contribution in [1.29, 1.82) is 0 Å². The summed E-state index contributed by atoms with van der Waals surface area (Å²) in [5, 5.41) is 15.2. The van der Waals surface area contributed by atoms with Gasteiger partial charge in [-0.2, -0.15) is 0 Å². The van der Waals surface area contributed by atoms with Gasteiger partial charge in [-0.1, -0.05) is 24.1 Å². The van der Waals surface area contributed by atoms with E-state index in [0.717, 1.165) is 12.0 Å². The predicted molar refractivity (Wildman–Crippen MR) is 81.7 cm³/mol. The molecule has 1 fully saturated rings. The summed E-state index contributed by atoms with van der Waals surface area (Å²) in [4.78, 5) is 23.4. The number of amides is 2. The first kappa shape index (κ1) is 15.6. The van der Waals surface area contributed by atoms with Crippen LogP contribution in [0.5, 0.6) is 0 Å². The normalized spacial score (nSPS) is 24.6. The van der Waals surface area contributed by atoms with Gasteiger partial charge < -0.3 is 15.7 Å². The first-order valence-electron chi connectivity index (χ1n) is 6.90. The Morgan fingerprint density at radius 2 is 2.14 bits per heavy atom. The molecule has 1 aromatic carbocycles. The summed E-state index contributed by atoms with van der Waals surface area (Å²) in [5.74, 6) is -0.876. The molecule has 114 valence electrons. The minimum absolute atomic E-state index is 0.376.